The van der Waals surface area contributed by atoms with Gasteiger partial charge in [0.05, 0.1) is 0 Å². The predicted octanol–water partition coefficient (Wildman–Crippen LogP) is 7.60. The van der Waals surface area contributed by atoms with E-state index in [-0.39, 0.29) is 0 Å². The second-order valence-corrected chi connectivity index (χ2v) is 4.91. The highest BCUT2D eigenvalue weighted by Gasteiger charge is 1.76. The van der Waals surface area contributed by atoms with Crippen LogP contribution in [0, 0.1) is 0 Å². The minimum absolute atomic E-state index is 1.17. The average Bonchev–Trinajstić information content (AvgIpc) is 2.63. The Morgan fingerprint density at radius 1 is 0.625 bits per heavy atom. The lowest BCUT2D eigenvalue weighted by Crippen LogP contribution is -1.63. The van der Waals surface area contributed by atoms with E-state index in [1.165, 1.54) is 16.7 Å². The Labute approximate surface area is 148 Å². The molecule has 0 saturated heterocycles. The smallest absolute Gasteiger partial charge is 0.0263 e. The van der Waals surface area contributed by atoms with E-state index in [1.54, 1.807) is 12.2 Å². The monoisotopic (exact) mass is 318 g/mol. The zero-order valence-corrected chi connectivity index (χ0v) is 15.1. The summed E-state index contributed by atoms with van der Waals surface area (Å²) in [5, 5.41) is 0. The van der Waals surface area contributed by atoms with Crippen LogP contribution in [0.1, 0.15) is 25.0 Å². The lowest BCUT2D eigenvalue weighted by atomic mass is 10.2. The third kappa shape index (κ3) is 19.1. The number of benzene rings is 2. The van der Waals surface area contributed by atoms with E-state index in [4.69, 9.17) is 0 Å². The largest absolute Gasteiger partial charge is 0.100 e. The van der Waals surface area contributed by atoms with Crippen molar-refractivity contribution in [1.29, 1.82) is 0 Å². The Morgan fingerprint density at radius 3 is 1.00 bits per heavy atom. The van der Waals surface area contributed by atoms with Gasteiger partial charge in [-0.25, -0.2) is 0 Å². The van der Waals surface area contributed by atoms with Gasteiger partial charge < -0.3 is 0 Å². The molecule has 0 aromatic heterocycles. The molecule has 0 bridgehead atoms. The Kier molecular flexibility index (Phi) is 17.7. The maximum Gasteiger partial charge on any atom is -0.0263 e. The Hall–Kier alpha value is -2.86. The maximum atomic E-state index is 3.63. The zero-order chi connectivity index (χ0) is 18.6. The summed E-state index contributed by atoms with van der Waals surface area (Å²) >= 11 is 0. The number of hydrogen-bond acceptors (Lipinski definition) is 0. The summed E-state index contributed by atoms with van der Waals surface area (Å²) in [5.41, 5.74) is 3.51. The predicted molar refractivity (Wildman–Crippen MR) is 114 cm³/mol. The maximum absolute atomic E-state index is 3.63. The van der Waals surface area contributed by atoms with E-state index in [1.807, 2.05) is 86.7 Å². The first-order chi connectivity index (χ1) is 11.5. The standard InChI is InChI=1S/2C8H8.C4H8.C4H6/c2*1-2-8-6-4-3-5-7-8;1-4(2)3;1-3-4-2/h2*2-7H,1H2;1H2,2-3H3;3-4H,1-2H2. The molecule has 0 aliphatic heterocycles. The van der Waals surface area contributed by atoms with Crippen molar-refractivity contribution in [2.45, 2.75) is 13.8 Å². The van der Waals surface area contributed by atoms with Gasteiger partial charge in [-0.3, -0.25) is 0 Å². The molecule has 0 aliphatic carbocycles. The number of rotatable bonds is 3. The highest BCUT2D eigenvalue weighted by atomic mass is 13.8. The van der Waals surface area contributed by atoms with Gasteiger partial charge >= 0.3 is 0 Å². The molecule has 2 aromatic rings. The van der Waals surface area contributed by atoms with E-state index < -0.39 is 0 Å². The fourth-order valence-corrected chi connectivity index (χ4v) is 1.18. The van der Waals surface area contributed by atoms with Gasteiger partial charge in [-0.05, 0) is 25.0 Å². The van der Waals surface area contributed by atoms with Gasteiger partial charge in [0.15, 0.2) is 0 Å². The molecular weight excluding hydrogens is 288 g/mol. The van der Waals surface area contributed by atoms with Gasteiger partial charge in [0.1, 0.15) is 0 Å². The van der Waals surface area contributed by atoms with Crippen LogP contribution >= 0.6 is 0 Å². The van der Waals surface area contributed by atoms with E-state index in [0.717, 1.165) is 0 Å². The summed E-state index contributed by atoms with van der Waals surface area (Å²) in [6, 6.07) is 20.1. The minimum Gasteiger partial charge on any atom is -0.100 e. The first-order valence-electron chi connectivity index (χ1n) is 7.72. The van der Waals surface area contributed by atoms with Crippen LogP contribution in [0.25, 0.3) is 12.2 Å². The summed E-state index contributed by atoms with van der Waals surface area (Å²) in [6.45, 7) is 21.5. The molecule has 0 fully saturated rings. The van der Waals surface area contributed by atoms with Crippen LogP contribution < -0.4 is 0 Å². The van der Waals surface area contributed by atoms with Crippen LogP contribution in [-0.4, -0.2) is 0 Å². The highest BCUT2D eigenvalue weighted by Crippen LogP contribution is 1.98. The fraction of sp³-hybridized carbons (Fsp3) is 0.0833. The molecule has 0 amide bonds. The molecule has 24 heavy (non-hydrogen) atoms. The zero-order valence-electron chi connectivity index (χ0n) is 15.1. The van der Waals surface area contributed by atoms with Crippen molar-refractivity contribution in [1.82, 2.24) is 0 Å². The molecule has 2 rings (SSSR count). The van der Waals surface area contributed by atoms with Crippen LogP contribution in [0.4, 0.5) is 0 Å². The minimum atomic E-state index is 1.17. The number of allylic oxidation sites excluding steroid dienone is 3. The first kappa shape index (κ1) is 23.4. The van der Waals surface area contributed by atoms with Gasteiger partial charge in [-0.15, -0.1) is 6.58 Å². The van der Waals surface area contributed by atoms with Crippen molar-refractivity contribution in [3.05, 3.63) is 122 Å². The van der Waals surface area contributed by atoms with Crippen LogP contribution in [0.15, 0.2) is 111 Å². The molecular formula is C24H30. The Morgan fingerprint density at radius 2 is 0.875 bits per heavy atom. The molecule has 0 heteroatoms. The van der Waals surface area contributed by atoms with Gasteiger partial charge in [-0.1, -0.05) is 117 Å². The van der Waals surface area contributed by atoms with Crippen molar-refractivity contribution >= 4 is 12.2 Å². The molecule has 0 spiro atoms. The molecule has 0 N–H and O–H groups in total. The molecule has 0 heterocycles. The summed E-state index contributed by atoms with van der Waals surface area (Å²) in [4.78, 5) is 0. The normalized spacial score (nSPS) is 7.58. The lowest BCUT2D eigenvalue weighted by molar-refractivity contribution is 1.42. The van der Waals surface area contributed by atoms with Crippen molar-refractivity contribution in [2.24, 2.45) is 0 Å². The summed E-state index contributed by atoms with van der Waals surface area (Å²) in [6.07, 6.45) is 6.94. The van der Waals surface area contributed by atoms with Gasteiger partial charge in [0.25, 0.3) is 0 Å². The van der Waals surface area contributed by atoms with Crippen molar-refractivity contribution in [3.8, 4) is 0 Å². The van der Waals surface area contributed by atoms with Crippen LogP contribution in [0.2, 0.25) is 0 Å². The molecule has 0 radical (unpaired) electrons. The van der Waals surface area contributed by atoms with E-state index >= 15 is 0 Å². The quantitative estimate of drug-likeness (QED) is 0.403. The first-order valence-corrected chi connectivity index (χ1v) is 7.72. The van der Waals surface area contributed by atoms with Gasteiger partial charge in [0, 0.05) is 0 Å². The van der Waals surface area contributed by atoms with Crippen LogP contribution in [-0.2, 0) is 0 Å². The van der Waals surface area contributed by atoms with Crippen molar-refractivity contribution in [3.63, 3.8) is 0 Å². The molecule has 0 unspecified atom stereocenters. The Balaban J connectivity index is 0. The highest BCUT2D eigenvalue weighted by molar-refractivity contribution is 5.46. The van der Waals surface area contributed by atoms with E-state index in [9.17, 15) is 0 Å². The average molecular weight is 319 g/mol. The third-order valence-electron chi connectivity index (χ3n) is 2.24. The van der Waals surface area contributed by atoms with Crippen molar-refractivity contribution < 1.29 is 0 Å². The topological polar surface area (TPSA) is 0 Å². The second-order valence-electron chi connectivity index (χ2n) is 4.91. The van der Waals surface area contributed by atoms with Crippen molar-refractivity contribution in [2.75, 3.05) is 0 Å². The van der Waals surface area contributed by atoms with E-state index in [2.05, 4.69) is 32.9 Å². The lowest BCUT2D eigenvalue weighted by Gasteiger charge is -1.85. The summed E-state index contributed by atoms with van der Waals surface area (Å²) in [5.74, 6) is 0. The molecule has 0 atom stereocenters. The fourth-order valence-electron chi connectivity index (χ4n) is 1.18. The van der Waals surface area contributed by atoms with Gasteiger partial charge in [-0.2, -0.15) is 0 Å². The summed E-state index contributed by atoms with van der Waals surface area (Å²) < 4.78 is 0. The molecule has 0 nitrogen and oxygen atoms in total. The van der Waals surface area contributed by atoms with Gasteiger partial charge in [0.2, 0.25) is 0 Å². The summed E-state index contributed by atoms with van der Waals surface area (Å²) in [7, 11) is 0. The second kappa shape index (κ2) is 18.2. The molecule has 126 valence electrons. The molecule has 2 aromatic carbocycles. The number of hydrogen-bond donors (Lipinski definition) is 0. The van der Waals surface area contributed by atoms with Crippen LogP contribution in [0.5, 0.6) is 0 Å². The molecule has 0 saturated carbocycles. The Bertz CT molecular complexity index is 520. The third-order valence-corrected chi connectivity index (χ3v) is 2.24. The molecule has 0 aliphatic rings. The van der Waals surface area contributed by atoms with E-state index in [0.29, 0.717) is 0 Å². The van der Waals surface area contributed by atoms with Crippen LogP contribution in [0.3, 0.4) is 0 Å². The SMILES string of the molecule is C=C(C)C.C=CC=C.C=Cc1ccccc1.C=Cc1ccccc1.